The second kappa shape index (κ2) is 6.26. The molecular weight excluding hydrogens is 271 g/mol. The molecule has 2 rings (SSSR count). The van der Waals surface area contributed by atoms with Crippen LogP contribution in [-0.4, -0.2) is 12.6 Å². The number of halogens is 1. The first kappa shape index (κ1) is 14.8. The Labute approximate surface area is 122 Å². The van der Waals surface area contributed by atoms with E-state index in [-0.39, 0.29) is 12.4 Å². The van der Waals surface area contributed by atoms with E-state index in [4.69, 9.17) is 10.5 Å². The summed E-state index contributed by atoms with van der Waals surface area (Å²) in [5, 5.41) is 3.05. The Morgan fingerprint density at radius 3 is 2.76 bits per heavy atom. The van der Waals surface area contributed by atoms with E-state index in [2.05, 4.69) is 5.32 Å². The minimum atomic E-state index is -0.471. The molecule has 0 heterocycles. The van der Waals surface area contributed by atoms with Crippen molar-refractivity contribution in [1.29, 1.82) is 0 Å². The number of carbonyl (C=O) groups excluding carboxylic acids is 1. The maximum atomic E-state index is 13.6. The van der Waals surface area contributed by atoms with Gasteiger partial charge in [0.1, 0.15) is 5.82 Å². The third kappa shape index (κ3) is 3.31. The first-order chi connectivity index (χ1) is 10.0. The van der Waals surface area contributed by atoms with Crippen molar-refractivity contribution >= 4 is 23.0 Å². The monoisotopic (exact) mass is 288 g/mol. The predicted octanol–water partition coefficient (Wildman–Crippen LogP) is 3.64. The normalized spacial score (nSPS) is 10.2. The summed E-state index contributed by atoms with van der Waals surface area (Å²) in [6.07, 6.45) is 0. The van der Waals surface area contributed by atoms with E-state index in [1.165, 1.54) is 12.1 Å². The van der Waals surface area contributed by atoms with Crippen LogP contribution in [0.2, 0.25) is 0 Å². The van der Waals surface area contributed by atoms with Crippen LogP contribution in [0.5, 0.6) is 0 Å². The number of hydrogen-bond donors (Lipinski definition) is 2. The number of rotatable bonds is 4. The number of esters is 1. The van der Waals surface area contributed by atoms with Crippen molar-refractivity contribution in [3.05, 3.63) is 53.3 Å². The Morgan fingerprint density at radius 1 is 1.29 bits per heavy atom. The fourth-order valence-electron chi connectivity index (χ4n) is 1.94. The minimum absolute atomic E-state index is 0.270. The number of nitrogens with two attached hydrogens (primary N) is 1. The third-order valence-corrected chi connectivity index (χ3v) is 3.08. The second-order valence-electron chi connectivity index (χ2n) is 4.56. The van der Waals surface area contributed by atoms with Crippen molar-refractivity contribution in [1.82, 2.24) is 0 Å². The highest BCUT2D eigenvalue weighted by molar-refractivity contribution is 5.97. The molecular formula is C16H17FN2O2. The zero-order chi connectivity index (χ0) is 15.4. The Bertz CT molecular complexity index is 671. The summed E-state index contributed by atoms with van der Waals surface area (Å²) in [4.78, 5) is 12.0. The molecule has 0 atom stereocenters. The molecule has 0 aromatic heterocycles. The van der Waals surface area contributed by atoms with Gasteiger partial charge < -0.3 is 15.8 Å². The number of carbonyl (C=O) groups is 1. The molecule has 0 amide bonds. The maximum Gasteiger partial charge on any atom is 0.340 e. The summed E-state index contributed by atoms with van der Waals surface area (Å²) in [5.41, 5.74) is 8.08. The molecule has 0 radical (unpaired) electrons. The highest BCUT2D eigenvalue weighted by Crippen LogP contribution is 2.27. The molecule has 5 heteroatoms. The lowest BCUT2D eigenvalue weighted by Crippen LogP contribution is -2.09. The zero-order valence-electron chi connectivity index (χ0n) is 11.9. The van der Waals surface area contributed by atoms with Crippen molar-refractivity contribution in [2.45, 2.75) is 13.8 Å². The topological polar surface area (TPSA) is 64.3 Å². The maximum absolute atomic E-state index is 13.6. The average molecular weight is 288 g/mol. The average Bonchev–Trinajstić information content (AvgIpc) is 2.46. The zero-order valence-corrected chi connectivity index (χ0v) is 11.9. The molecule has 21 heavy (non-hydrogen) atoms. The Kier molecular flexibility index (Phi) is 4.42. The molecule has 0 fully saturated rings. The van der Waals surface area contributed by atoms with Gasteiger partial charge in [0.05, 0.1) is 17.9 Å². The highest BCUT2D eigenvalue weighted by atomic mass is 19.1. The van der Waals surface area contributed by atoms with E-state index in [0.717, 1.165) is 0 Å². The van der Waals surface area contributed by atoms with Gasteiger partial charge in [-0.05, 0) is 44.2 Å². The molecule has 0 bridgehead atoms. The Morgan fingerprint density at radius 2 is 2.05 bits per heavy atom. The van der Waals surface area contributed by atoms with Gasteiger partial charge in [-0.3, -0.25) is 0 Å². The van der Waals surface area contributed by atoms with E-state index in [1.807, 2.05) is 0 Å². The van der Waals surface area contributed by atoms with E-state index >= 15 is 0 Å². The molecule has 0 aliphatic carbocycles. The van der Waals surface area contributed by atoms with Gasteiger partial charge >= 0.3 is 5.97 Å². The van der Waals surface area contributed by atoms with Crippen molar-refractivity contribution < 1.29 is 13.9 Å². The highest BCUT2D eigenvalue weighted by Gasteiger charge is 2.14. The predicted molar refractivity (Wildman–Crippen MR) is 81.2 cm³/mol. The first-order valence-corrected chi connectivity index (χ1v) is 6.61. The number of nitrogen functional groups attached to an aromatic ring is 1. The Balaban J connectivity index is 2.40. The van der Waals surface area contributed by atoms with Crippen LogP contribution >= 0.6 is 0 Å². The summed E-state index contributed by atoms with van der Waals surface area (Å²) >= 11 is 0. The lowest BCUT2D eigenvalue weighted by molar-refractivity contribution is 0.0527. The summed E-state index contributed by atoms with van der Waals surface area (Å²) in [5.74, 6) is -0.783. The SMILES string of the molecule is CCOC(=O)c1cc(N)ccc1Nc1cccc(F)c1C. The lowest BCUT2D eigenvalue weighted by Gasteiger charge is -2.14. The van der Waals surface area contributed by atoms with Crippen molar-refractivity contribution in [2.75, 3.05) is 17.7 Å². The van der Waals surface area contributed by atoms with Crippen LogP contribution in [0.3, 0.4) is 0 Å². The molecule has 0 saturated heterocycles. The van der Waals surface area contributed by atoms with E-state index in [9.17, 15) is 9.18 Å². The minimum Gasteiger partial charge on any atom is -0.462 e. The van der Waals surface area contributed by atoms with Crippen LogP contribution < -0.4 is 11.1 Å². The summed E-state index contributed by atoms with van der Waals surface area (Å²) in [7, 11) is 0. The van der Waals surface area contributed by atoms with Crippen LogP contribution in [0.1, 0.15) is 22.8 Å². The third-order valence-electron chi connectivity index (χ3n) is 3.08. The summed E-state index contributed by atoms with van der Waals surface area (Å²) < 4.78 is 18.6. The number of anilines is 3. The molecule has 0 spiro atoms. The second-order valence-corrected chi connectivity index (χ2v) is 4.56. The lowest BCUT2D eigenvalue weighted by atomic mass is 10.1. The number of ether oxygens (including phenoxy) is 1. The van der Waals surface area contributed by atoms with Crippen LogP contribution in [0.25, 0.3) is 0 Å². The molecule has 0 aliphatic heterocycles. The Hall–Kier alpha value is -2.56. The molecule has 0 aliphatic rings. The van der Waals surface area contributed by atoms with Crippen LogP contribution in [0.15, 0.2) is 36.4 Å². The standard InChI is InChI=1S/C16H17FN2O2/c1-3-21-16(20)12-9-11(18)7-8-15(12)19-14-6-4-5-13(17)10(14)2/h4-9,19H,3,18H2,1-2H3. The summed E-state index contributed by atoms with van der Waals surface area (Å²) in [6, 6.07) is 9.60. The van der Waals surface area contributed by atoms with Crippen molar-refractivity contribution in [3.63, 3.8) is 0 Å². The smallest absolute Gasteiger partial charge is 0.340 e. The van der Waals surface area contributed by atoms with Gasteiger partial charge in [-0.15, -0.1) is 0 Å². The van der Waals surface area contributed by atoms with Crippen LogP contribution in [0, 0.1) is 12.7 Å². The molecule has 3 N–H and O–H groups in total. The molecule has 2 aromatic rings. The van der Waals surface area contributed by atoms with Crippen LogP contribution in [-0.2, 0) is 4.74 Å². The number of benzene rings is 2. The molecule has 2 aromatic carbocycles. The summed E-state index contributed by atoms with van der Waals surface area (Å²) in [6.45, 7) is 3.67. The largest absolute Gasteiger partial charge is 0.462 e. The van der Waals surface area contributed by atoms with Gasteiger partial charge in [-0.1, -0.05) is 6.07 Å². The van der Waals surface area contributed by atoms with E-state index < -0.39 is 5.97 Å². The molecule has 4 nitrogen and oxygen atoms in total. The fraction of sp³-hybridized carbons (Fsp3) is 0.188. The van der Waals surface area contributed by atoms with E-state index in [0.29, 0.717) is 28.2 Å². The van der Waals surface area contributed by atoms with Crippen molar-refractivity contribution in [2.24, 2.45) is 0 Å². The first-order valence-electron chi connectivity index (χ1n) is 6.61. The van der Waals surface area contributed by atoms with Gasteiger partial charge in [0, 0.05) is 16.9 Å². The van der Waals surface area contributed by atoms with Gasteiger partial charge in [-0.25, -0.2) is 9.18 Å². The molecule has 0 saturated carbocycles. The van der Waals surface area contributed by atoms with Gasteiger partial charge in [0.2, 0.25) is 0 Å². The van der Waals surface area contributed by atoms with Gasteiger partial charge in [0.25, 0.3) is 0 Å². The van der Waals surface area contributed by atoms with E-state index in [1.54, 1.807) is 38.1 Å². The van der Waals surface area contributed by atoms with Gasteiger partial charge in [-0.2, -0.15) is 0 Å². The number of nitrogens with one attached hydrogen (secondary N) is 1. The van der Waals surface area contributed by atoms with Crippen molar-refractivity contribution in [3.8, 4) is 0 Å². The molecule has 110 valence electrons. The fourth-order valence-corrected chi connectivity index (χ4v) is 1.94. The van der Waals surface area contributed by atoms with Crippen LogP contribution in [0.4, 0.5) is 21.5 Å². The quantitative estimate of drug-likeness (QED) is 0.666. The molecule has 0 unspecified atom stereocenters. The van der Waals surface area contributed by atoms with Gasteiger partial charge in [0.15, 0.2) is 0 Å². The number of hydrogen-bond acceptors (Lipinski definition) is 4.